The number of carbonyl (C=O) groups excluding carboxylic acids is 3. The molecule has 2 aliphatic rings. The number of benzene rings is 1. The Bertz CT molecular complexity index is 857. The first-order valence-corrected chi connectivity index (χ1v) is 8.52. The van der Waals surface area contributed by atoms with E-state index in [1.54, 1.807) is 19.1 Å². The number of aryl methyl sites for hydroxylation is 2. The van der Waals surface area contributed by atoms with Crippen LogP contribution in [0, 0.1) is 24.7 Å². The molecule has 0 saturated heterocycles. The van der Waals surface area contributed by atoms with E-state index in [-0.39, 0.29) is 29.2 Å². The molecule has 5 nitrogen and oxygen atoms in total. The summed E-state index contributed by atoms with van der Waals surface area (Å²) in [6.07, 6.45) is 2.77. The molecular weight excluding hydrogens is 306 g/mol. The van der Waals surface area contributed by atoms with Crippen LogP contribution < -0.4 is 0 Å². The maximum atomic E-state index is 13.0. The van der Waals surface area contributed by atoms with Crippen molar-refractivity contribution in [1.29, 1.82) is 0 Å². The molecule has 2 atom stereocenters. The van der Waals surface area contributed by atoms with Gasteiger partial charge in [-0.2, -0.15) is 0 Å². The lowest BCUT2D eigenvalue weighted by molar-refractivity contribution is -0.137. The highest BCUT2D eigenvalue weighted by molar-refractivity contribution is 6.27. The van der Waals surface area contributed by atoms with E-state index in [4.69, 9.17) is 4.42 Å². The van der Waals surface area contributed by atoms with Gasteiger partial charge in [0.05, 0.1) is 0 Å². The third-order valence-corrected chi connectivity index (χ3v) is 5.49. The molecule has 2 aliphatic carbocycles. The summed E-state index contributed by atoms with van der Waals surface area (Å²) in [5.74, 6) is -1.50. The van der Waals surface area contributed by atoms with Gasteiger partial charge in [0.25, 0.3) is 0 Å². The van der Waals surface area contributed by atoms with Gasteiger partial charge in [0.15, 0.2) is 28.8 Å². The van der Waals surface area contributed by atoms with Crippen LogP contribution in [0.15, 0.2) is 16.5 Å². The molecule has 2 fully saturated rings. The highest BCUT2D eigenvalue weighted by Crippen LogP contribution is 2.41. The van der Waals surface area contributed by atoms with E-state index in [0.29, 0.717) is 41.0 Å². The first kappa shape index (κ1) is 15.2. The van der Waals surface area contributed by atoms with Crippen molar-refractivity contribution in [2.45, 2.75) is 39.5 Å². The number of aromatic nitrogens is 1. The summed E-state index contributed by atoms with van der Waals surface area (Å²) in [6.45, 7) is 3.74. The average Bonchev–Trinajstić information content (AvgIpc) is 3.19. The van der Waals surface area contributed by atoms with E-state index < -0.39 is 5.92 Å². The van der Waals surface area contributed by atoms with Crippen molar-refractivity contribution in [3.05, 3.63) is 29.2 Å². The number of Topliss-reactive ketones (excluding diaryl/α,β-unsaturated/α-hetero) is 3. The first-order valence-electron chi connectivity index (χ1n) is 8.52. The standard InChI is InChI=1S/C19H19NO4/c1-3-14-20-16-9(2)12(6-7-13(16)24-14)19(23)15-17(21)10-4-5-11(8-10)18(15)22/h6-7,10-11,15H,3-5,8H2,1-2H3. The van der Waals surface area contributed by atoms with Crippen molar-refractivity contribution in [3.63, 3.8) is 0 Å². The molecule has 0 amide bonds. The van der Waals surface area contributed by atoms with Crippen molar-refractivity contribution in [3.8, 4) is 0 Å². The fraction of sp³-hybridized carbons (Fsp3) is 0.474. The quantitative estimate of drug-likeness (QED) is 0.640. The number of nitrogens with zero attached hydrogens (tertiary/aromatic N) is 1. The van der Waals surface area contributed by atoms with Gasteiger partial charge in [0.2, 0.25) is 0 Å². The summed E-state index contributed by atoms with van der Waals surface area (Å²) in [7, 11) is 0. The molecule has 1 aromatic carbocycles. The molecule has 2 saturated carbocycles. The SMILES string of the molecule is CCc1nc2c(C)c(C(=O)C3C(=O)C4CCC(C4)C3=O)ccc2o1. The predicted octanol–water partition coefficient (Wildman–Crippen LogP) is 3.07. The number of fused-ring (bicyclic) bond motifs is 3. The van der Waals surface area contributed by atoms with Crippen LogP contribution in [0.5, 0.6) is 0 Å². The fourth-order valence-corrected chi connectivity index (χ4v) is 4.11. The van der Waals surface area contributed by atoms with Crippen molar-refractivity contribution >= 4 is 28.4 Å². The zero-order chi connectivity index (χ0) is 17.0. The highest BCUT2D eigenvalue weighted by Gasteiger charge is 2.50. The molecule has 24 heavy (non-hydrogen) atoms. The minimum atomic E-state index is -1.12. The summed E-state index contributed by atoms with van der Waals surface area (Å²) in [5.41, 5.74) is 2.35. The molecule has 0 aliphatic heterocycles. The first-order chi connectivity index (χ1) is 11.5. The lowest BCUT2D eigenvalue weighted by atomic mass is 9.75. The Balaban J connectivity index is 1.76. The van der Waals surface area contributed by atoms with E-state index in [9.17, 15) is 14.4 Å². The Morgan fingerprint density at radius 1 is 1.21 bits per heavy atom. The molecule has 2 bridgehead atoms. The van der Waals surface area contributed by atoms with Crippen LogP contribution in [0.25, 0.3) is 11.1 Å². The lowest BCUT2D eigenvalue weighted by Crippen LogP contribution is -2.41. The Morgan fingerprint density at radius 3 is 2.50 bits per heavy atom. The highest BCUT2D eigenvalue weighted by atomic mass is 16.3. The monoisotopic (exact) mass is 325 g/mol. The number of ketones is 3. The fourth-order valence-electron chi connectivity index (χ4n) is 4.11. The van der Waals surface area contributed by atoms with E-state index in [2.05, 4.69) is 4.98 Å². The smallest absolute Gasteiger partial charge is 0.195 e. The van der Waals surface area contributed by atoms with Gasteiger partial charge in [-0.3, -0.25) is 14.4 Å². The third kappa shape index (κ3) is 2.07. The van der Waals surface area contributed by atoms with E-state index >= 15 is 0 Å². The van der Waals surface area contributed by atoms with Crippen molar-refractivity contribution < 1.29 is 18.8 Å². The van der Waals surface area contributed by atoms with Crippen LogP contribution in [0.2, 0.25) is 0 Å². The Kier molecular flexibility index (Phi) is 3.41. The van der Waals surface area contributed by atoms with Crippen LogP contribution in [0.4, 0.5) is 0 Å². The van der Waals surface area contributed by atoms with Gasteiger partial charge in [0, 0.05) is 23.8 Å². The molecule has 0 N–H and O–H groups in total. The molecule has 2 unspecified atom stereocenters. The van der Waals surface area contributed by atoms with Crippen LogP contribution in [0.3, 0.4) is 0 Å². The number of carbonyl (C=O) groups is 3. The Labute approximate surface area is 139 Å². The second-order valence-electron chi connectivity index (χ2n) is 6.85. The molecule has 2 aromatic rings. The lowest BCUT2D eigenvalue weighted by Gasteiger charge is -2.24. The normalized spacial score (nSPS) is 26.3. The zero-order valence-electron chi connectivity index (χ0n) is 13.8. The predicted molar refractivity (Wildman–Crippen MR) is 86.8 cm³/mol. The minimum Gasteiger partial charge on any atom is -0.441 e. The number of hydrogen-bond acceptors (Lipinski definition) is 5. The van der Waals surface area contributed by atoms with Gasteiger partial charge in [0.1, 0.15) is 11.4 Å². The maximum Gasteiger partial charge on any atom is 0.195 e. The zero-order valence-corrected chi connectivity index (χ0v) is 13.8. The van der Waals surface area contributed by atoms with E-state index in [1.807, 2.05) is 6.92 Å². The van der Waals surface area contributed by atoms with Crippen molar-refractivity contribution in [1.82, 2.24) is 4.98 Å². The molecule has 1 heterocycles. The van der Waals surface area contributed by atoms with E-state index in [0.717, 1.165) is 12.8 Å². The second-order valence-corrected chi connectivity index (χ2v) is 6.85. The summed E-state index contributed by atoms with van der Waals surface area (Å²) < 4.78 is 5.61. The molecular formula is C19H19NO4. The molecule has 1 aromatic heterocycles. The van der Waals surface area contributed by atoms with Crippen LogP contribution in [0.1, 0.15) is 48.0 Å². The summed E-state index contributed by atoms with van der Waals surface area (Å²) >= 11 is 0. The van der Waals surface area contributed by atoms with Gasteiger partial charge in [-0.15, -0.1) is 0 Å². The molecule has 5 heteroatoms. The summed E-state index contributed by atoms with van der Waals surface area (Å²) in [6, 6.07) is 3.36. The largest absolute Gasteiger partial charge is 0.441 e. The van der Waals surface area contributed by atoms with Crippen molar-refractivity contribution in [2.24, 2.45) is 17.8 Å². The third-order valence-electron chi connectivity index (χ3n) is 5.49. The molecule has 124 valence electrons. The molecule has 4 rings (SSSR count). The molecule has 0 spiro atoms. The van der Waals surface area contributed by atoms with Gasteiger partial charge < -0.3 is 4.42 Å². The van der Waals surface area contributed by atoms with Gasteiger partial charge in [-0.1, -0.05) is 6.92 Å². The van der Waals surface area contributed by atoms with E-state index in [1.165, 1.54) is 0 Å². The minimum absolute atomic E-state index is 0.121. The van der Waals surface area contributed by atoms with Crippen LogP contribution >= 0.6 is 0 Å². The van der Waals surface area contributed by atoms with Crippen LogP contribution in [-0.4, -0.2) is 22.3 Å². The Morgan fingerprint density at radius 2 is 1.88 bits per heavy atom. The van der Waals surface area contributed by atoms with Crippen LogP contribution in [-0.2, 0) is 16.0 Å². The molecule has 0 radical (unpaired) electrons. The average molecular weight is 325 g/mol. The van der Waals surface area contributed by atoms with Gasteiger partial charge in [-0.25, -0.2) is 4.98 Å². The number of rotatable bonds is 3. The Hall–Kier alpha value is -2.30. The van der Waals surface area contributed by atoms with Gasteiger partial charge >= 0.3 is 0 Å². The summed E-state index contributed by atoms with van der Waals surface area (Å²) in [5, 5.41) is 0. The topological polar surface area (TPSA) is 77.2 Å². The number of hydrogen-bond donors (Lipinski definition) is 0. The van der Waals surface area contributed by atoms with Crippen molar-refractivity contribution in [2.75, 3.05) is 0 Å². The summed E-state index contributed by atoms with van der Waals surface area (Å²) in [4.78, 5) is 42.5. The van der Waals surface area contributed by atoms with Gasteiger partial charge in [-0.05, 0) is 43.9 Å². The maximum absolute atomic E-state index is 13.0. The second kappa shape index (κ2) is 5.36. The number of oxazole rings is 1.